The molecule has 12 heteroatoms. The Labute approximate surface area is 276 Å². The zero-order valence-electron chi connectivity index (χ0n) is 28.1. The second kappa shape index (κ2) is 16.1. The van der Waals surface area contributed by atoms with Crippen molar-refractivity contribution in [3.05, 3.63) is 58.4 Å². The highest BCUT2D eigenvalue weighted by Crippen LogP contribution is 2.37. The van der Waals surface area contributed by atoms with Gasteiger partial charge in [-0.2, -0.15) is 13.2 Å². The van der Waals surface area contributed by atoms with Gasteiger partial charge in [-0.1, -0.05) is 59.6 Å². The number of fused-ring (bicyclic) bond motifs is 1. The van der Waals surface area contributed by atoms with Gasteiger partial charge in [0.2, 0.25) is 0 Å². The second-order valence-electron chi connectivity index (χ2n) is 13.2. The smallest absolute Gasteiger partial charge is 0.493 e. The first-order valence-corrected chi connectivity index (χ1v) is 16.1. The molecular weight excluding hydrogens is 642 g/mol. The van der Waals surface area contributed by atoms with E-state index in [1.165, 1.54) is 36.4 Å². The SMILES string of the molecule is CCCCCc1ccc(-c2cc3ccc(OCC(COC(=O)C(C)(CC(C)C)C(C)C)CC(F)(F)F)cc3oc2=O)c(OC(F)(F)F)c1. The summed E-state index contributed by atoms with van der Waals surface area (Å²) in [6.07, 6.45) is -7.12. The molecule has 6 nitrogen and oxygen atoms in total. The fourth-order valence-electron chi connectivity index (χ4n) is 5.57. The molecule has 3 rings (SSSR count). The lowest BCUT2D eigenvalue weighted by molar-refractivity contribution is -0.274. The van der Waals surface area contributed by atoms with Crippen LogP contribution in [-0.4, -0.2) is 31.7 Å². The van der Waals surface area contributed by atoms with E-state index in [2.05, 4.69) is 4.74 Å². The van der Waals surface area contributed by atoms with Gasteiger partial charge in [-0.15, -0.1) is 13.2 Å². The van der Waals surface area contributed by atoms with E-state index in [-0.39, 0.29) is 34.3 Å². The van der Waals surface area contributed by atoms with Crippen LogP contribution in [0.1, 0.15) is 79.2 Å². The lowest BCUT2D eigenvalue weighted by Crippen LogP contribution is -2.38. The van der Waals surface area contributed by atoms with Crippen LogP contribution >= 0.6 is 0 Å². The first-order chi connectivity index (χ1) is 22.3. The second-order valence-corrected chi connectivity index (χ2v) is 13.2. The summed E-state index contributed by atoms with van der Waals surface area (Å²) in [4.78, 5) is 26.0. The highest BCUT2D eigenvalue weighted by atomic mass is 19.4. The van der Waals surface area contributed by atoms with Gasteiger partial charge in [-0.05, 0) is 67.9 Å². The average molecular weight is 687 g/mol. The topological polar surface area (TPSA) is 75.0 Å². The molecule has 0 aliphatic rings. The molecule has 0 spiro atoms. The Hall–Kier alpha value is -3.70. The molecule has 1 aromatic heterocycles. The van der Waals surface area contributed by atoms with Crippen molar-refractivity contribution in [1.29, 1.82) is 0 Å². The van der Waals surface area contributed by atoms with Crippen LogP contribution in [-0.2, 0) is 16.0 Å². The molecule has 2 atom stereocenters. The number of carbonyl (C=O) groups excluding carboxylic acids is 1. The average Bonchev–Trinajstić information content (AvgIpc) is 2.96. The fraction of sp³-hybridized carbons (Fsp3) is 0.556. The van der Waals surface area contributed by atoms with E-state index in [1.807, 2.05) is 34.6 Å². The molecule has 0 saturated heterocycles. The third-order valence-corrected chi connectivity index (χ3v) is 8.37. The predicted molar refractivity (Wildman–Crippen MR) is 171 cm³/mol. The van der Waals surface area contributed by atoms with Crippen molar-refractivity contribution in [2.24, 2.45) is 23.2 Å². The molecule has 266 valence electrons. The lowest BCUT2D eigenvalue weighted by atomic mass is 9.73. The summed E-state index contributed by atoms with van der Waals surface area (Å²) in [5, 5.41) is 0.334. The van der Waals surface area contributed by atoms with Crippen LogP contribution in [0.15, 0.2) is 51.7 Å². The number of carbonyl (C=O) groups is 1. The predicted octanol–water partition coefficient (Wildman–Crippen LogP) is 10.3. The maximum Gasteiger partial charge on any atom is 0.573 e. The van der Waals surface area contributed by atoms with Crippen molar-refractivity contribution in [3.63, 3.8) is 0 Å². The number of hydrogen-bond acceptors (Lipinski definition) is 6. The van der Waals surface area contributed by atoms with Crippen molar-refractivity contribution < 1.29 is 49.8 Å². The number of ether oxygens (including phenoxy) is 3. The van der Waals surface area contributed by atoms with Crippen LogP contribution in [0.2, 0.25) is 0 Å². The molecule has 48 heavy (non-hydrogen) atoms. The van der Waals surface area contributed by atoms with Crippen molar-refractivity contribution in [2.75, 3.05) is 13.2 Å². The molecule has 0 bridgehead atoms. The minimum atomic E-state index is -5.00. The summed E-state index contributed by atoms with van der Waals surface area (Å²) in [5.41, 5.74) is -1.44. The van der Waals surface area contributed by atoms with E-state index >= 15 is 0 Å². The van der Waals surface area contributed by atoms with Crippen molar-refractivity contribution in [1.82, 2.24) is 0 Å². The molecular formula is C36H44F6O6. The standard InChI is InChI=1S/C36H44F6O6/c1-7-8-9-10-24-11-14-28(31(15-24)48-36(40,41)42)29-16-26-12-13-27(17-30(26)47-32(29)43)45-20-25(19-35(37,38)39)21-46-33(44)34(6,23(4)5)18-22(2)3/h11-17,22-23,25H,7-10,18-21H2,1-6H3. The lowest BCUT2D eigenvalue weighted by Gasteiger charge is -2.33. The van der Waals surface area contributed by atoms with Crippen LogP contribution in [0, 0.1) is 23.2 Å². The molecule has 2 unspecified atom stereocenters. The summed E-state index contributed by atoms with van der Waals surface area (Å²) in [6.45, 7) is 10.4. The van der Waals surface area contributed by atoms with Gasteiger partial charge in [0.05, 0.1) is 30.6 Å². The molecule has 0 amide bonds. The number of alkyl halides is 6. The maximum absolute atomic E-state index is 13.4. The van der Waals surface area contributed by atoms with Crippen LogP contribution in [0.5, 0.6) is 11.5 Å². The molecule has 2 aromatic carbocycles. The summed E-state index contributed by atoms with van der Waals surface area (Å²) in [7, 11) is 0. The van der Waals surface area contributed by atoms with Gasteiger partial charge in [0.25, 0.3) is 0 Å². The van der Waals surface area contributed by atoms with Gasteiger partial charge in [-0.3, -0.25) is 4.79 Å². The first-order valence-electron chi connectivity index (χ1n) is 16.1. The van der Waals surface area contributed by atoms with Crippen LogP contribution < -0.4 is 15.1 Å². The summed E-state index contributed by atoms with van der Waals surface area (Å²) in [6, 6.07) is 9.86. The summed E-state index contributed by atoms with van der Waals surface area (Å²) < 4.78 is 101. The zero-order valence-corrected chi connectivity index (χ0v) is 28.1. The van der Waals surface area contributed by atoms with Crippen LogP contribution in [0.25, 0.3) is 22.1 Å². The Morgan fingerprint density at radius 2 is 1.58 bits per heavy atom. The van der Waals surface area contributed by atoms with Gasteiger partial charge in [0.1, 0.15) is 17.1 Å². The van der Waals surface area contributed by atoms with E-state index in [0.717, 1.165) is 19.3 Å². The largest absolute Gasteiger partial charge is 0.573 e. The highest BCUT2D eigenvalue weighted by Gasteiger charge is 2.40. The minimum Gasteiger partial charge on any atom is -0.493 e. The van der Waals surface area contributed by atoms with Gasteiger partial charge in [0, 0.05) is 22.9 Å². The normalized spacial score (nSPS) is 14.3. The van der Waals surface area contributed by atoms with E-state index in [4.69, 9.17) is 13.9 Å². The van der Waals surface area contributed by atoms with Crippen LogP contribution in [0.3, 0.4) is 0 Å². The third kappa shape index (κ3) is 11.2. The molecule has 3 aromatic rings. The monoisotopic (exact) mass is 686 g/mol. The van der Waals surface area contributed by atoms with Gasteiger partial charge < -0.3 is 18.6 Å². The Kier molecular flexibility index (Phi) is 13.0. The zero-order chi connectivity index (χ0) is 35.9. The van der Waals surface area contributed by atoms with Gasteiger partial charge in [0.15, 0.2) is 0 Å². The van der Waals surface area contributed by atoms with E-state index in [0.29, 0.717) is 23.8 Å². The maximum atomic E-state index is 13.4. The Morgan fingerprint density at radius 1 is 0.875 bits per heavy atom. The summed E-state index contributed by atoms with van der Waals surface area (Å²) >= 11 is 0. The Bertz CT molecular complexity index is 1580. The van der Waals surface area contributed by atoms with E-state index in [1.54, 1.807) is 13.0 Å². The number of halogens is 6. The van der Waals surface area contributed by atoms with Crippen molar-refractivity contribution in [3.8, 4) is 22.6 Å². The molecule has 0 aliphatic carbocycles. The van der Waals surface area contributed by atoms with E-state index in [9.17, 15) is 35.9 Å². The number of rotatable bonds is 16. The van der Waals surface area contributed by atoms with Crippen molar-refractivity contribution >= 4 is 16.9 Å². The number of benzene rings is 2. The molecule has 1 heterocycles. The molecule has 0 aliphatic heterocycles. The quantitative estimate of drug-likeness (QED) is 0.0646. The number of unbranched alkanes of at least 4 members (excludes halogenated alkanes) is 2. The van der Waals surface area contributed by atoms with Crippen LogP contribution in [0.4, 0.5) is 26.3 Å². The van der Waals surface area contributed by atoms with Gasteiger partial charge >= 0.3 is 24.1 Å². The number of aryl methyl sites for hydroxylation is 1. The van der Waals surface area contributed by atoms with E-state index < -0.39 is 60.9 Å². The van der Waals surface area contributed by atoms with Gasteiger partial charge in [-0.25, -0.2) is 4.79 Å². The highest BCUT2D eigenvalue weighted by molar-refractivity contribution is 5.84. The third-order valence-electron chi connectivity index (χ3n) is 8.37. The fourth-order valence-corrected chi connectivity index (χ4v) is 5.57. The number of esters is 1. The Balaban J connectivity index is 1.83. The molecule has 0 radical (unpaired) electrons. The first kappa shape index (κ1) is 38.7. The van der Waals surface area contributed by atoms with Crippen molar-refractivity contribution in [2.45, 2.75) is 92.6 Å². The number of hydrogen-bond donors (Lipinski definition) is 0. The molecule has 0 saturated carbocycles. The minimum absolute atomic E-state index is 0.0101. The Morgan fingerprint density at radius 3 is 2.19 bits per heavy atom. The molecule has 0 fully saturated rings. The summed E-state index contributed by atoms with van der Waals surface area (Å²) in [5.74, 6) is -2.17. The molecule has 0 N–H and O–H groups in total.